The number of fused-ring (bicyclic) bond motifs is 1. The molecule has 0 aromatic carbocycles. The van der Waals surface area contributed by atoms with Gasteiger partial charge in [0, 0.05) is 38.6 Å². The number of rotatable bonds is 4. The van der Waals surface area contributed by atoms with Gasteiger partial charge in [0.25, 0.3) is 0 Å². The van der Waals surface area contributed by atoms with Crippen LogP contribution in [0.1, 0.15) is 38.1 Å². The van der Waals surface area contributed by atoms with E-state index >= 15 is 0 Å². The number of nitrogens with one attached hydrogen (secondary N) is 2. The first-order chi connectivity index (χ1) is 13.2. The fourth-order valence-corrected chi connectivity index (χ4v) is 4.72. The van der Waals surface area contributed by atoms with Gasteiger partial charge in [-0.1, -0.05) is 6.92 Å². The van der Waals surface area contributed by atoms with Gasteiger partial charge in [-0.3, -0.25) is 24.8 Å². The highest BCUT2D eigenvalue weighted by Crippen LogP contribution is 2.26. The summed E-state index contributed by atoms with van der Waals surface area (Å²) in [6, 6.07) is 2.12. The monoisotopic (exact) mass is 373 g/mol. The molecule has 0 spiro atoms. The first-order valence-electron chi connectivity index (χ1n) is 10.2. The lowest BCUT2D eigenvalue weighted by Crippen LogP contribution is -2.72. The van der Waals surface area contributed by atoms with Crippen molar-refractivity contribution in [2.24, 2.45) is 5.92 Å². The fraction of sp³-hybridized carbons (Fsp3) is 0.737. The summed E-state index contributed by atoms with van der Waals surface area (Å²) in [5.41, 5.74) is 0. The van der Waals surface area contributed by atoms with Gasteiger partial charge in [0.15, 0.2) is 0 Å². The number of nitrogens with zero attached hydrogens (tertiary/aromatic N) is 5. The molecule has 1 aromatic rings. The van der Waals surface area contributed by atoms with Crippen molar-refractivity contribution in [3.8, 4) is 0 Å². The summed E-state index contributed by atoms with van der Waals surface area (Å²) in [6.07, 6.45) is 6.78. The molecule has 8 heteroatoms. The van der Waals surface area contributed by atoms with Gasteiger partial charge < -0.3 is 5.32 Å². The van der Waals surface area contributed by atoms with Crippen LogP contribution in [0.2, 0.25) is 0 Å². The highest BCUT2D eigenvalue weighted by atomic mass is 16.2. The quantitative estimate of drug-likeness (QED) is 0.782. The largest absolute Gasteiger partial charge is 0.328 e. The number of likely N-dealkylation sites (tertiary alicyclic amines) is 1. The molecule has 3 fully saturated rings. The van der Waals surface area contributed by atoms with E-state index in [9.17, 15) is 4.79 Å². The van der Waals surface area contributed by atoms with Gasteiger partial charge in [-0.2, -0.15) is 0 Å². The topological polar surface area (TPSA) is 76.6 Å². The van der Waals surface area contributed by atoms with Crippen molar-refractivity contribution in [3.05, 3.63) is 24.3 Å². The minimum absolute atomic E-state index is 0.0704. The van der Waals surface area contributed by atoms with Gasteiger partial charge in [-0.05, 0) is 38.9 Å². The molecule has 27 heavy (non-hydrogen) atoms. The summed E-state index contributed by atoms with van der Waals surface area (Å²) < 4.78 is 0. The third-order valence-electron chi connectivity index (χ3n) is 6.25. The van der Waals surface area contributed by atoms with Crippen LogP contribution in [0.25, 0.3) is 0 Å². The van der Waals surface area contributed by atoms with Crippen LogP contribution in [0.5, 0.6) is 0 Å². The molecule has 3 saturated heterocycles. The van der Waals surface area contributed by atoms with Crippen molar-refractivity contribution in [1.82, 2.24) is 35.3 Å². The third kappa shape index (κ3) is 3.85. The van der Waals surface area contributed by atoms with Crippen molar-refractivity contribution in [2.75, 3.05) is 39.8 Å². The molecule has 1 amide bonds. The van der Waals surface area contributed by atoms with Gasteiger partial charge in [0.2, 0.25) is 5.91 Å². The van der Waals surface area contributed by atoms with Gasteiger partial charge in [0.1, 0.15) is 12.1 Å². The maximum Gasteiger partial charge on any atom is 0.228 e. The molecular formula is C19H31N7O. The molecule has 4 heterocycles. The maximum atomic E-state index is 12.6. The van der Waals surface area contributed by atoms with E-state index in [0.717, 1.165) is 57.8 Å². The standard InChI is InChI=1S/C19H31N7O/c1-3-15(16-20-7-5-8-21-16)25-10-12-26(13-11-25)19-22-17-14(18(27)23-19)6-4-9-24(17)2/h5,7-8,14-15,17,19,22H,3-4,6,9-13H2,1-2H3,(H,23,27). The normalized spacial score (nSPS) is 31.9. The second kappa shape index (κ2) is 8.18. The molecule has 0 radical (unpaired) electrons. The summed E-state index contributed by atoms with van der Waals surface area (Å²) in [5.74, 6) is 1.17. The summed E-state index contributed by atoms with van der Waals surface area (Å²) >= 11 is 0. The van der Waals surface area contributed by atoms with E-state index in [1.165, 1.54) is 0 Å². The summed E-state index contributed by atoms with van der Waals surface area (Å²) in [6.45, 7) is 6.99. The van der Waals surface area contributed by atoms with Crippen LogP contribution in [0.4, 0.5) is 0 Å². The first kappa shape index (κ1) is 18.7. The molecular weight excluding hydrogens is 342 g/mol. The first-order valence-corrected chi connectivity index (χ1v) is 10.2. The SMILES string of the molecule is CCC(c1ncccn1)N1CCN(C2NC(=O)C3CCCN(C)C3N2)CC1. The lowest BCUT2D eigenvalue weighted by Gasteiger charge is -2.49. The van der Waals surface area contributed by atoms with Crippen molar-refractivity contribution in [1.29, 1.82) is 0 Å². The van der Waals surface area contributed by atoms with Gasteiger partial charge in [0.05, 0.1) is 18.1 Å². The number of amides is 1. The number of carbonyl (C=O) groups excluding carboxylic acids is 1. The minimum Gasteiger partial charge on any atom is -0.328 e. The van der Waals surface area contributed by atoms with E-state index in [0.29, 0.717) is 0 Å². The summed E-state index contributed by atoms with van der Waals surface area (Å²) in [5, 5.41) is 6.87. The van der Waals surface area contributed by atoms with Gasteiger partial charge in [-0.15, -0.1) is 0 Å². The predicted octanol–water partition coefficient (Wildman–Crippen LogP) is 0.216. The molecule has 2 N–H and O–H groups in total. The molecule has 0 aliphatic carbocycles. The Morgan fingerprint density at radius 3 is 2.63 bits per heavy atom. The van der Waals surface area contributed by atoms with Gasteiger partial charge in [-0.25, -0.2) is 9.97 Å². The van der Waals surface area contributed by atoms with Gasteiger partial charge >= 0.3 is 0 Å². The zero-order chi connectivity index (χ0) is 18.8. The number of piperazine rings is 1. The van der Waals surface area contributed by atoms with E-state index in [4.69, 9.17) is 0 Å². The number of hydrogen-bond acceptors (Lipinski definition) is 7. The highest BCUT2D eigenvalue weighted by Gasteiger charge is 2.42. The third-order valence-corrected chi connectivity index (χ3v) is 6.25. The second-order valence-corrected chi connectivity index (χ2v) is 7.85. The Kier molecular flexibility index (Phi) is 5.68. The van der Waals surface area contributed by atoms with Crippen molar-refractivity contribution in [2.45, 2.75) is 44.7 Å². The van der Waals surface area contributed by atoms with Crippen LogP contribution in [-0.4, -0.2) is 82.8 Å². The summed E-state index contributed by atoms with van der Waals surface area (Å²) in [7, 11) is 2.11. The molecule has 3 aliphatic heterocycles. The lowest BCUT2D eigenvalue weighted by molar-refractivity contribution is -0.139. The van der Waals surface area contributed by atoms with Crippen LogP contribution in [-0.2, 0) is 4.79 Å². The van der Waals surface area contributed by atoms with E-state index < -0.39 is 0 Å². The van der Waals surface area contributed by atoms with E-state index in [-0.39, 0.29) is 30.3 Å². The zero-order valence-corrected chi connectivity index (χ0v) is 16.3. The Labute approximate surface area is 161 Å². The van der Waals surface area contributed by atoms with Crippen LogP contribution >= 0.6 is 0 Å². The van der Waals surface area contributed by atoms with E-state index in [1.807, 2.05) is 18.5 Å². The van der Waals surface area contributed by atoms with Crippen LogP contribution in [0.15, 0.2) is 18.5 Å². The zero-order valence-electron chi connectivity index (χ0n) is 16.3. The Balaban J connectivity index is 1.37. The minimum atomic E-state index is -0.0745. The molecule has 3 aliphatic rings. The van der Waals surface area contributed by atoms with Crippen LogP contribution < -0.4 is 10.6 Å². The number of carbonyl (C=O) groups is 1. The molecule has 8 nitrogen and oxygen atoms in total. The average Bonchev–Trinajstić information content (AvgIpc) is 2.71. The Bertz CT molecular complexity index is 634. The number of aromatic nitrogens is 2. The maximum absolute atomic E-state index is 12.6. The molecule has 4 atom stereocenters. The lowest BCUT2D eigenvalue weighted by atomic mass is 9.92. The molecule has 4 unspecified atom stereocenters. The van der Waals surface area contributed by atoms with Crippen molar-refractivity contribution < 1.29 is 4.79 Å². The number of hydrogen-bond donors (Lipinski definition) is 2. The molecule has 4 rings (SSSR count). The second-order valence-electron chi connectivity index (χ2n) is 7.85. The Morgan fingerprint density at radius 1 is 1.19 bits per heavy atom. The van der Waals surface area contributed by atoms with Crippen molar-refractivity contribution >= 4 is 5.91 Å². The molecule has 148 valence electrons. The van der Waals surface area contributed by atoms with Crippen LogP contribution in [0, 0.1) is 5.92 Å². The molecule has 0 saturated carbocycles. The number of piperidine rings is 1. The molecule has 0 bridgehead atoms. The fourth-order valence-electron chi connectivity index (χ4n) is 4.72. The molecule has 1 aromatic heterocycles. The summed E-state index contributed by atoms with van der Waals surface area (Å²) in [4.78, 5) is 28.6. The average molecular weight is 374 g/mol. The Hall–Kier alpha value is -1.61. The van der Waals surface area contributed by atoms with E-state index in [1.54, 1.807) is 0 Å². The van der Waals surface area contributed by atoms with E-state index in [2.05, 4.69) is 49.3 Å². The predicted molar refractivity (Wildman–Crippen MR) is 102 cm³/mol. The van der Waals surface area contributed by atoms with Crippen molar-refractivity contribution in [3.63, 3.8) is 0 Å². The highest BCUT2D eigenvalue weighted by molar-refractivity contribution is 5.80. The smallest absolute Gasteiger partial charge is 0.228 e. The van der Waals surface area contributed by atoms with Crippen LogP contribution in [0.3, 0.4) is 0 Å². The Morgan fingerprint density at radius 2 is 1.93 bits per heavy atom.